The Balaban J connectivity index is 3.90. The van der Waals surface area contributed by atoms with E-state index in [1.165, 1.54) is 56.1 Å². The first-order chi connectivity index (χ1) is 8.63. The van der Waals surface area contributed by atoms with E-state index in [0.717, 1.165) is 6.42 Å². The van der Waals surface area contributed by atoms with Crippen LogP contribution in [0.1, 0.15) is 79.1 Å². The molecule has 0 aromatic heterocycles. The summed E-state index contributed by atoms with van der Waals surface area (Å²) in [5.74, 6) is 0. The summed E-state index contributed by atoms with van der Waals surface area (Å²) in [6.45, 7) is 13.0. The van der Waals surface area contributed by atoms with E-state index >= 15 is 0 Å². The van der Waals surface area contributed by atoms with E-state index in [2.05, 4.69) is 46.4 Å². The second kappa shape index (κ2) is 11.3. The average molecular weight is 248 g/mol. The van der Waals surface area contributed by atoms with Crippen LogP contribution < -0.4 is 0 Å². The Morgan fingerprint density at radius 3 is 2.17 bits per heavy atom. The van der Waals surface area contributed by atoms with Gasteiger partial charge < -0.3 is 0 Å². The molecule has 0 aliphatic heterocycles. The van der Waals surface area contributed by atoms with Crippen LogP contribution >= 0.6 is 0 Å². The topological polar surface area (TPSA) is 0 Å². The predicted molar refractivity (Wildman–Crippen MR) is 84.9 cm³/mol. The molecule has 0 atom stereocenters. The van der Waals surface area contributed by atoms with Crippen LogP contribution in [0.25, 0.3) is 0 Å². The standard InChI is InChI=1S/C18H32/c1-6-16(4)12-9-10-14-18(8-3)15-11-13-17(5)7-2/h13-14H,4,6-12,15H2,1-3,5H3. The number of rotatable bonds is 10. The van der Waals surface area contributed by atoms with Gasteiger partial charge in [-0.2, -0.15) is 0 Å². The molecule has 0 heterocycles. The van der Waals surface area contributed by atoms with Crippen molar-refractivity contribution in [2.75, 3.05) is 0 Å². The van der Waals surface area contributed by atoms with Crippen LogP contribution in [0, 0.1) is 0 Å². The minimum atomic E-state index is 1.13. The molecule has 0 unspecified atom stereocenters. The summed E-state index contributed by atoms with van der Waals surface area (Å²) in [7, 11) is 0. The molecule has 18 heavy (non-hydrogen) atoms. The molecule has 0 amide bonds. The highest BCUT2D eigenvalue weighted by molar-refractivity contribution is 5.05. The molecule has 0 N–H and O–H groups in total. The summed E-state index contributed by atoms with van der Waals surface area (Å²) in [5, 5.41) is 0. The lowest BCUT2D eigenvalue weighted by Gasteiger charge is -2.04. The van der Waals surface area contributed by atoms with E-state index in [0.29, 0.717) is 0 Å². The van der Waals surface area contributed by atoms with E-state index < -0.39 is 0 Å². The molecule has 0 saturated heterocycles. The fourth-order valence-corrected chi connectivity index (χ4v) is 1.91. The maximum absolute atomic E-state index is 4.06. The summed E-state index contributed by atoms with van der Waals surface area (Å²) >= 11 is 0. The Kier molecular flexibility index (Phi) is 10.8. The third-order valence-electron chi connectivity index (χ3n) is 3.64. The van der Waals surface area contributed by atoms with Crippen LogP contribution in [0.15, 0.2) is 35.5 Å². The molecule has 0 aliphatic rings. The first kappa shape index (κ1) is 17.2. The third kappa shape index (κ3) is 9.27. The largest absolute Gasteiger partial charge is 0.0999 e. The van der Waals surface area contributed by atoms with Gasteiger partial charge in [-0.15, -0.1) is 0 Å². The molecule has 0 fully saturated rings. The SMILES string of the molecule is C=C(CC)CCCC=C(CC)CCC=C(C)CC. The van der Waals surface area contributed by atoms with Crippen LogP contribution in [0.4, 0.5) is 0 Å². The monoisotopic (exact) mass is 248 g/mol. The highest BCUT2D eigenvalue weighted by Crippen LogP contribution is 2.15. The second-order valence-corrected chi connectivity index (χ2v) is 5.15. The van der Waals surface area contributed by atoms with Crippen LogP contribution in [-0.4, -0.2) is 0 Å². The van der Waals surface area contributed by atoms with E-state index in [9.17, 15) is 0 Å². The normalized spacial score (nSPS) is 12.9. The second-order valence-electron chi connectivity index (χ2n) is 5.15. The highest BCUT2D eigenvalue weighted by atomic mass is 14.0. The fourth-order valence-electron chi connectivity index (χ4n) is 1.91. The summed E-state index contributed by atoms with van der Waals surface area (Å²) in [5.41, 5.74) is 4.53. The van der Waals surface area contributed by atoms with Gasteiger partial charge in [-0.25, -0.2) is 0 Å². The van der Waals surface area contributed by atoms with Gasteiger partial charge in [0.25, 0.3) is 0 Å². The lowest BCUT2D eigenvalue weighted by atomic mass is 10.0. The van der Waals surface area contributed by atoms with E-state index in [1.54, 1.807) is 5.57 Å². The number of allylic oxidation sites excluding steroid dienone is 5. The highest BCUT2D eigenvalue weighted by Gasteiger charge is 1.95. The third-order valence-corrected chi connectivity index (χ3v) is 3.64. The fraction of sp³-hybridized carbons (Fsp3) is 0.667. The van der Waals surface area contributed by atoms with Gasteiger partial charge in [0.1, 0.15) is 0 Å². The van der Waals surface area contributed by atoms with E-state index in [-0.39, 0.29) is 0 Å². The van der Waals surface area contributed by atoms with Crippen molar-refractivity contribution in [1.29, 1.82) is 0 Å². The molecule has 0 heteroatoms. The van der Waals surface area contributed by atoms with Crippen molar-refractivity contribution >= 4 is 0 Å². The van der Waals surface area contributed by atoms with Crippen molar-refractivity contribution in [1.82, 2.24) is 0 Å². The zero-order chi connectivity index (χ0) is 13.8. The first-order valence-electron chi connectivity index (χ1n) is 7.64. The van der Waals surface area contributed by atoms with Crippen molar-refractivity contribution in [3.05, 3.63) is 35.5 Å². The maximum Gasteiger partial charge on any atom is -0.0286 e. The molecule has 0 spiro atoms. The van der Waals surface area contributed by atoms with Crippen molar-refractivity contribution < 1.29 is 0 Å². The molecular weight excluding hydrogens is 216 g/mol. The lowest BCUT2D eigenvalue weighted by molar-refractivity contribution is 0.790. The molecule has 0 aliphatic carbocycles. The Morgan fingerprint density at radius 1 is 0.889 bits per heavy atom. The van der Waals surface area contributed by atoms with Crippen LogP contribution in [0.5, 0.6) is 0 Å². The van der Waals surface area contributed by atoms with Gasteiger partial charge in [-0.3, -0.25) is 0 Å². The summed E-state index contributed by atoms with van der Waals surface area (Å²) < 4.78 is 0. The number of hydrogen-bond acceptors (Lipinski definition) is 0. The summed E-state index contributed by atoms with van der Waals surface area (Å²) in [4.78, 5) is 0. The van der Waals surface area contributed by atoms with Gasteiger partial charge in [0.15, 0.2) is 0 Å². The summed E-state index contributed by atoms with van der Waals surface area (Å²) in [6, 6.07) is 0. The quantitative estimate of drug-likeness (QED) is 0.302. The molecule has 0 radical (unpaired) electrons. The van der Waals surface area contributed by atoms with Crippen LogP contribution in [0.3, 0.4) is 0 Å². The first-order valence-corrected chi connectivity index (χ1v) is 7.64. The molecule has 0 saturated carbocycles. The average Bonchev–Trinajstić information content (AvgIpc) is 2.40. The van der Waals surface area contributed by atoms with Gasteiger partial charge in [-0.1, -0.05) is 56.2 Å². The van der Waals surface area contributed by atoms with Crippen molar-refractivity contribution in [2.24, 2.45) is 0 Å². The predicted octanol–water partition coefficient (Wildman–Crippen LogP) is 6.60. The minimum absolute atomic E-state index is 1.13. The van der Waals surface area contributed by atoms with Crippen molar-refractivity contribution in [2.45, 2.75) is 79.1 Å². The molecule has 0 aromatic rings. The van der Waals surface area contributed by atoms with Gasteiger partial charge in [0, 0.05) is 0 Å². The van der Waals surface area contributed by atoms with E-state index in [1.807, 2.05) is 0 Å². The van der Waals surface area contributed by atoms with E-state index in [4.69, 9.17) is 0 Å². The van der Waals surface area contributed by atoms with Gasteiger partial charge in [0.2, 0.25) is 0 Å². The van der Waals surface area contributed by atoms with Crippen LogP contribution in [-0.2, 0) is 0 Å². The Bertz CT molecular complexity index is 278. The van der Waals surface area contributed by atoms with Crippen LogP contribution in [0.2, 0.25) is 0 Å². The van der Waals surface area contributed by atoms with Crippen molar-refractivity contribution in [3.63, 3.8) is 0 Å². The Hall–Kier alpha value is -0.780. The van der Waals surface area contributed by atoms with Gasteiger partial charge >= 0.3 is 0 Å². The number of unbranched alkanes of at least 4 members (excludes halogenated alkanes) is 1. The number of hydrogen-bond donors (Lipinski definition) is 0. The summed E-state index contributed by atoms with van der Waals surface area (Å²) in [6.07, 6.45) is 14.5. The van der Waals surface area contributed by atoms with Gasteiger partial charge in [-0.05, 0) is 58.3 Å². The minimum Gasteiger partial charge on any atom is -0.0999 e. The van der Waals surface area contributed by atoms with Gasteiger partial charge in [0.05, 0.1) is 0 Å². The molecule has 0 rings (SSSR count). The Morgan fingerprint density at radius 2 is 1.61 bits per heavy atom. The molecule has 104 valence electrons. The molecule has 0 aromatic carbocycles. The maximum atomic E-state index is 4.06. The van der Waals surface area contributed by atoms with Crippen molar-refractivity contribution in [3.8, 4) is 0 Å². The smallest absolute Gasteiger partial charge is 0.0286 e. The molecular formula is C18H32. The zero-order valence-corrected chi connectivity index (χ0v) is 13.0. The lowest BCUT2D eigenvalue weighted by Crippen LogP contribution is -1.84. The molecule has 0 nitrogen and oxygen atoms in total. The zero-order valence-electron chi connectivity index (χ0n) is 13.0. The molecule has 0 bridgehead atoms. The Labute approximate surface area is 115 Å².